The van der Waals surface area contributed by atoms with Crippen molar-refractivity contribution in [2.45, 2.75) is 25.4 Å². The maximum atomic E-state index is 12.3. The fraction of sp³-hybridized carbons (Fsp3) is 0.889. The van der Waals surface area contributed by atoms with Gasteiger partial charge in [-0.3, -0.25) is 10.2 Å². The third kappa shape index (κ3) is 3.97. The summed E-state index contributed by atoms with van der Waals surface area (Å²) >= 11 is 0. The molecular formula is C9H16F3N3O. The second kappa shape index (κ2) is 5.49. The van der Waals surface area contributed by atoms with Gasteiger partial charge in [0.2, 0.25) is 5.91 Å². The van der Waals surface area contributed by atoms with Crippen molar-refractivity contribution in [2.75, 3.05) is 19.6 Å². The van der Waals surface area contributed by atoms with Gasteiger partial charge in [-0.2, -0.15) is 13.2 Å². The highest BCUT2D eigenvalue weighted by molar-refractivity contribution is 5.75. The molecule has 1 fully saturated rings. The summed E-state index contributed by atoms with van der Waals surface area (Å²) in [6.07, 6.45) is -3.62. The van der Waals surface area contributed by atoms with Crippen LogP contribution < -0.4 is 11.3 Å². The van der Waals surface area contributed by atoms with Gasteiger partial charge in [0, 0.05) is 13.0 Å². The first-order valence-corrected chi connectivity index (χ1v) is 5.22. The van der Waals surface area contributed by atoms with Crippen molar-refractivity contribution in [1.29, 1.82) is 0 Å². The molecule has 1 heterocycles. The van der Waals surface area contributed by atoms with Crippen LogP contribution in [-0.4, -0.2) is 36.6 Å². The molecule has 0 radical (unpaired) electrons. The van der Waals surface area contributed by atoms with Crippen LogP contribution in [0.1, 0.15) is 19.3 Å². The number of nitrogens with zero attached hydrogens (tertiary/aromatic N) is 1. The van der Waals surface area contributed by atoms with Crippen LogP contribution in [0.15, 0.2) is 0 Å². The number of halogens is 3. The van der Waals surface area contributed by atoms with Crippen LogP contribution in [0.3, 0.4) is 0 Å². The molecule has 0 aromatic rings. The summed E-state index contributed by atoms with van der Waals surface area (Å²) in [6.45, 7) is 1.25. The standard InChI is InChI=1S/C9H16F3N3O/c10-9(11,12)7-1-4-15(5-2-7)6-3-8(16)14-13/h7H,1-6,13H2,(H,14,16). The molecular weight excluding hydrogens is 223 g/mol. The Labute approximate surface area is 91.9 Å². The number of hydrazine groups is 1. The van der Waals surface area contributed by atoms with Gasteiger partial charge in [-0.25, -0.2) is 5.84 Å². The van der Waals surface area contributed by atoms with Crippen LogP contribution >= 0.6 is 0 Å². The minimum absolute atomic E-state index is 0.119. The molecule has 1 aliphatic heterocycles. The van der Waals surface area contributed by atoms with Crippen LogP contribution in [0.25, 0.3) is 0 Å². The Balaban J connectivity index is 2.25. The maximum Gasteiger partial charge on any atom is 0.391 e. The van der Waals surface area contributed by atoms with E-state index in [9.17, 15) is 18.0 Å². The van der Waals surface area contributed by atoms with Crippen LogP contribution in [0.5, 0.6) is 0 Å². The van der Waals surface area contributed by atoms with Crippen molar-refractivity contribution in [3.8, 4) is 0 Å². The van der Waals surface area contributed by atoms with Gasteiger partial charge in [-0.05, 0) is 25.9 Å². The minimum Gasteiger partial charge on any atom is -0.303 e. The largest absolute Gasteiger partial charge is 0.391 e. The summed E-state index contributed by atoms with van der Waals surface area (Å²) in [5, 5.41) is 0. The van der Waals surface area contributed by atoms with Crippen LogP contribution in [0.2, 0.25) is 0 Å². The fourth-order valence-electron chi connectivity index (χ4n) is 1.82. The van der Waals surface area contributed by atoms with E-state index in [2.05, 4.69) is 0 Å². The van der Waals surface area contributed by atoms with E-state index in [-0.39, 0.29) is 25.2 Å². The zero-order valence-corrected chi connectivity index (χ0v) is 8.89. The molecule has 16 heavy (non-hydrogen) atoms. The highest BCUT2D eigenvalue weighted by Gasteiger charge is 2.40. The predicted molar refractivity (Wildman–Crippen MR) is 52.2 cm³/mol. The lowest BCUT2D eigenvalue weighted by Gasteiger charge is -2.32. The molecule has 4 nitrogen and oxygen atoms in total. The van der Waals surface area contributed by atoms with E-state index < -0.39 is 12.1 Å². The average Bonchev–Trinajstić information content (AvgIpc) is 2.25. The van der Waals surface area contributed by atoms with Gasteiger partial charge < -0.3 is 4.90 Å². The van der Waals surface area contributed by atoms with E-state index in [0.29, 0.717) is 19.6 Å². The number of carbonyl (C=O) groups excluding carboxylic acids is 1. The lowest BCUT2D eigenvalue weighted by molar-refractivity contribution is -0.185. The van der Waals surface area contributed by atoms with Crippen LogP contribution in [0.4, 0.5) is 13.2 Å². The lowest BCUT2D eigenvalue weighted by Crippen LogP contribution is -2.41. The summed E-state index contributed by atoms with van der Waals surface area (Å²) in [5.74, 6) is 3.42. The first-order chi connectivity index (χ1) is 7.43. The molecule has 0 spiro atoms. The molecule has 94 valence electrons. The summed E-state index contributed by atoms with van der Waals surface area (Å²) in [5.41, 5.74) is 1.99. The third-order valence-electron chi connectivity index (χ3n) is 2.87. The van der Waals surface area contributed by atoms with E-state index in [1.54, 1.807) is 0 Å². The van der Waals surface area contributed by atoms with Gasteiger partial charge in [0.05, 0.1) is 5.92 Å². The number of amides is 1. The van der Waals surface area contributed by atoms with E-state index in [4.69, 9.17) is 5.84 Å². The molecule has 3 N–H and O–H groups in total. The topological polar surface area (TPSA) is 58.4 Å². The minimum atomic E-state index is -4.08. The molecule has 0 saturated carbocycles. The molecule has 0 aromatic heterocycles. The van der Waals surface area contributed by atoms with Gasteiger partial charge >= 0.3 is 6.18 Å². The third-order valence-corrected chi connectivity index (χ3v) is 2.87. The van der Waals surface area contributed by atoms with E-state index in [0.717, 1.165) is 0 Å². The maximum absolute atomic E-state index is 12.3. The Morgan fingerprint density at radius 3 is 2.38 bits per heavy atom. The Bertz CT molecular complexity index is 237. The fourth-order valence-corrected chi connectivity index (χ4v) is 1.82. The zero-order chi connectivity index (χ0) is 12.2. The molecule has 0 unspecified atom stereocenters. The van der Waals surface area contributed by atoms with Crippen LogP contribution in [0, 0.1) is 5.92 Å². The Kier molecular flexibility index (Phi) is 4.55. The molecule has 0 bridgehead atoms. The van der Waals surface area contributed by atoms with Crippen molar-refractivity contribution < 1.29 is 18.0 Å². The van der Waals surface area contributed by atoms with Crippen molar-refractivity contribution in [3.63, 3.8) is 0 Å². The van der Waals surface area contributed by atoms with Crippen molar-refractivity contribution >= 4 is 5.91 Å². The quantitative estimate of drug-likeness (QED) is 0.431. The number of hydrogen-bond acceptors (Lipinski definition) is 3. The first kappa shape index (κ1) is 13.2. The molecule has 1 saturated heterocycles. The normalized spacial score (nSPS) is 19.8. The smallest absolute Gasteiger partial charge is 0.303 e. The van der Waals surface area contributed by atoms with E-state index in [1.807, 2.05) is 10.3 Å². The van der Waals surface area contributed by atoms with Crippen molar-refractivity contribution in [1.82, 2.24) is 10.3 Å². The highest BCUT2D eigenvalue weighted by atomic mass is 19.4. The number of hydrogen-bond donors (Lipinski definition) is 2. The number of piperidine rings is 1. The van der Waals surface area contributed by atoms with Gasteiger partial charge in [-0.15, -0.1) is 0 Å². The van der Waals surface area contributed by atoms with Crippen LogP contribution in [-0.2, 0) is 4.79 Å². The summed E-state index contributed by atoms with van der Waals surface area (Å²) in [7, 11) is 0. The van der Waals surface area contributed by atoms with Gasteiger partial charge in [0.25, 0.3) is 0 Å². The summed E-state index contributed by atoms with van der Waals surface area (Å²) in [6, 6.07) is 0. The molecule has 7 heteroatoms. The molecule has 1 aliphatic rings. The summed E-state index contributed by atoms with van der Waals surface area (Å²) in [4.78, 5) is 12.7. The molecule has 0 aliphatic carbocycles. The number of rotatable bonds is 3. The van der Waals surface area contributed by atoms with E-state index >= 15 is 0 Å². The first-order valence-electron chi connectivity index (χ1n) is 5.22. The number of carbonyl (C=O) groups is 1. The number of nitrogens with one attached hydrogen (secondary N) is 1. The number of nitrogens with two attached hydrogens (primary N) is 1. The van der Waals surface area contributed by atoms with Crippen molar-refractivity contribution in [2.24, 2.45) is 11.8 Å². The monoisotopic (exact) mass is 239 g/mol. The number of alkyl halides is 3. The molecule has 0 aromatic carbocycles. The van der Waals surface area contributed by atoms with Gasteiger partial charge in [0.15, 0.2) is 0 Å². The Hall–Kier alpha value is -0.820. The Morgan fingerprint density at radius 2 is 1.94 bits per heavy atom. The predicted octanol–water partition coefficient (Wildman–Crippen LogP) is 0.641. The average molecular weight is 239 g/mol. The molecule has 0 atom stereocenters. The second-order valence-electron chi connectivity index (χ2n) is 3.98. The van der Waals surface area contributed by atoms with Gasteiger partial charge in [0.1, 0.15) is 0 Å². The molecule has 1 rings (SSSR count). The Morgan fingerprint density at radius 1 is 1.38 bits per heavy atom. The number of likely N-dealkylation sites (tertiary alicyclic amines) is 1. The lowest BCUT2D eigenvalue weighted by atomic mass is 9.96. The highest BCUT2D eigenvalue weighted by Crippen LogP contribution is 2.33. The SMILES string of the molecule is NNC(=O)CCN1CCC(C(F)(F)F)CC1. The zero-order valence-electron chi connectivity index (χ0n) is 8.89. The van der Waals surface area contributed by atoms with E-state index in [1.165, 1.54) is 0 Å². The molecule has 1 amide bonds. The second-order valence-corrected chi connectivity index (χ2v) is 3.98. The van der Waals surface area contributed by atoms with Gasteiger partial charge in [-0.1, -0.05) is 0 Å². The summed E-state index contributed by atoms with van der Waals surface area (Å²) < 4.78 is 37.0. The van der Waals surface area contributed by atoms with Crippen molar-refractivity contribution in [3.05, 3.63) is 0 Å².